The van der Waals surface area contributed by atoms with E-state index in [9.17, 15) is 0 Å². The molecule has 0 saturated carbocycles. The molecule has 0 aliphatic rings. The second kappa shape index (κ2) is 30.9. The molecule has 24 aromatic carbocycles. The smallest absolute Gasteiger partial charge is 0.0808 e. The lowest BCUT2D eigenvalue weighted by Crippen LogP contribution is -1.88. The summed E-state index contributed by atoms with van der Waals surface area (Å²) >= 11 is 0. The average molecular weight is 1870 g/mol. The van der Waals surface area contributed by atoms with Gasteiger partial charge in [-0.05, 0) is 146 Å². The molecule has 0 unspecified atom stereocenters. The summed E-state index contributed by atoms with van der Waals surface area (Å²) in [4.78, 5) is 18.9. The van der Waals surface area contributed by atoms with E-state index in [2.05, 4.69) is 465 Å². The van der Waals surface area contributed by atoms with Gasteiger partial charge in [0, 0.05) is 166 Å². The van der Waals surface area contributed by atoms with E-state index in [1.54, 1.807) is 0 Å². The fourth-order valence-corrected chi connectivity index (χ4v) is 26.4. The van der Waals surface area contributed by atoms with E-state index >= 15 is 0 Å². The van der Waals surface area contributed by atoms with E-state index in [0.29, 0.717) is 0 Å². The predicted octanol–water partition coefficient (Wildman–Crippen LogP) is 37.2. The predicted molar refractivity (Wildman–Crippen MR) is 624 cm³/mol. The summed E-state index contributed by atoms with van der Waals surface area (Å²) < 4.78 is 9.99. The molecule has 0 N–H and O–H groups in total. The van der Waals surface area contributed by atoms with Crippen molar-refractivity contribution in [3.63, 3.8) is 0 Å². The Morgan fingerprint density at radius 3 is 0.824 bits per heavy atom. The Kier molecular flexibility index (Phi) is 16.9. The van der Waals surface area contributed by atoms with Gasteiger partial charge in [0.2, 0.25) is 0 Å². The molecule has 0 fully saturated rings. The van der Waals surface area contributed by atoms with Gasteiger partial charge in [-0.2, -0.15) is 0 Å². The highest BCUT2D eigenvalue weighted by Gasteiger charge is 2.32. The van der Waals surface area contributed by atoms with Crippen LogP contribution in [0.25, 0.3) is 328 Å². The highest BCUT2D eigenvalue weighted by atomic mass is 15.0. The Morgan fingerprint density at radius 2 is 0.392 bits per heavy atom. The Labute approximate surface area is 845 Å². The van der Waals surface area contributed by atoms with Gasteiger partial charge in [0.1, 0.15) is 0 Å². The maximum absolute atomic E-state index is 4.89. The lowest BCUT2D eigenvalue weighted by atomic mass is 9.94. The molecule has 0 saturated heterocycles. The molecule has 0 atom stereocenters. The van der Waals surface area contributed by atoms with Crippen LogP contribution in [0, 0.1) is 0 Å². The van der Waals surface area contributed by atoms with Gasteiger partial charge in [0.05, 0.1) is 83.4 Å². The summed E-state index contributed by atoms with van der Waals surface area (Å²) in [5, 5.41) is 38.8. The van der Waals surface area contributed by atoms with Crippen molar-refractivity contribution < 1.29 is 0 Å². The molecule has 0 amide bonds. The zero-order chi connectivity index (χ0) is 96.3. The maximum atomic E-state index is 4.89. The van der Waals surface area contributed by atoms with Crippen molar-refractivity contribution in [2.75, 3.05) is 0 Å². The van der Waals surface area contributed by atoms with Crippen molar-refractivity contribution in [3.05, 3.63) is 486 Å². The number of hydrogen-bond donors (Lipinski definition) is 0. The third-order valence-corrected chi connectivity index (χ3v) is 32.7. The summed E-state index contributed by atoms with van der Waals surface area (Å²) in [5.41, 5.74) is 37.3. The van der Waals surface area contributed by atoms with Crippen molar-refractivity contribution in [3.8, 4) is 89.0 Å². The van der Waals surface area contributed by atoms with Crippen LogP contribution >= 0.6 is 0 Å². The Hall–Kier alpha value is -19.8. The molecule has 0 bridgehead atoms. The quantitative estimate of drug-likeness (QED) is 0.142. The van der Waals surface area contributed by atoms with Gasteiger partial charge >= 0.3 is 0 Å². The molecule has 0 radical (unpaired) electrons. The Bertz CT molecular complexity index is 10400. The topological polar surface area (TPSA) is 69.2 Å². The van der Waals surface area contributed by atoms with Crippen LogP contribution in [-0.2, 0) is 0 Å². The van der Waals surface area contributed by atoms with Gasteiger partial charge in [0.25, 0.3) is 0 Å². The summed E-state index contributed by atoms with van der Waals surface area (Å²) in [6.07, 6.45) is 11.9. The first-order valence-corrected chi connectivity index (χ1v) is 50.9. The average Bonchev–Trinajstić information content (AvgIpc) is 1.53. The number of benzene rings is 24. The molecule has 12 aromatic heterocycles. The van der Waals surface area contributed by atoms with Crippen molar-refractivity contribution in [2.45, 2.75) is 0 Å². The van der Waals surface area contributed by atoms with Crippen LogP contribution in [0.4, 0.5) is 0 Å². The largest absolute Gasteiger partial charge is 0.307 e. The van der Waals surface area contributed by atoms with Gasteiger partial charge in [0.15, 0.2) is 0 Å². The highest BCUT2D eigenvalue weighted by molar-refractivity contribution is 6.44. The van der Waals surface area contributed by atoms with E-state index in [0.717, 1.165) is 11.0 Å². The molecule has 0 spiro atoms. The third kappa shape index (κ3) is 11.2. The monoisotopic (exact) mass is 1870 g/mol. The van der Waals surface area contributed by atoms with Gasteiger partial charge in [-0.1, -0.05) is 419 Å². The lowest BCUT2D eigenvalue weighted by molar-refractivity contribution is 1.31. The van der Waals surface area contributed by atoms with E-state index in [1.165, 1.54) is 317 Å². The number of para-hydroxylation sites is 4. The summed E-state index contributed by atoms with van der Waals surface area (Å²) in [7, 11) is 0. The zero-order valence-electron chi connectivity index (χ0n) is 79.8. The van der Waals surface area contributed by atoms with Crippen LogP contribution in [0.2, 0.25) is 0 Å². The van der Waals surface area contributed by atoms with Crippen molar-refractivity contribution in [1.82, 2.24) is 37.5 Å². The van der Waals surface area contributed by atoms with Crippen molar-refractivity contribution >= 4 is 239 Å². The third-order valence-electron chi connectivity index (χ3n) is 32.7. The second-order valence-electron chi connectivity index (χ2n) is 39.9. The maximum Gasteiger partial charge on any atom is 0.0808 e. The molecule has 680 valence electrons. The Morgan fingerprint density at radius 1 is 0.122 bits per heavy atom. The van der Waals surface area contributed by atoms with Gasteiger partial charge in [-0.15, -0.1) is 0 Å². The van der Waals surface area contributed by atoms with Crippen LogP contribution in [0.1, 0.15) is 0 Å². The SMILES string of the molecule is c1ccc(-c2ccc(-c3cccc4c5ccc6c7ccccc7c7cncc8c7c6c5n8c34)cc2)cc1.c1ccc(-c2ccc(-c3cccc4c5ccc6c7ccccc7c7nccc8c7c6c5n8c34)cc2)cc1.c1ccc(-c2ccc(-c3cccc4c5ccc6c7cccnc7c7cccc8c7c6c5n8c34)cc2)cc1.c1ccc(-c2ccc(-c3cccc4c5ccc6c7ccncc7c7cccc8c7c6c5n8c34)cc2)cc1. The minimum atomic E-state index is 1.08. The highest BCUT2D eigenvalue weighted by Crippen LogP contribution is 2.55. The lowest BCUT2D eigenvalue weighted by Gasteiger charge is -2.10. The molecule has 8 heteroatoms. The molecule has 36 rings (SSSR count). The number of pyridine rings is 4. The first-order valence-electron chi connectivity index (χ1n) is 50.9. The molecule has 8 nitrogen and oxygen atoms in total. The normalized spacial score (nSPS) is 12.3. The standard InChI is InChI=1S/4C35H20N2/c1-2-7-21(8-3-1)22-14-16-23(17-15-22)24-9-4-10-27-28-19-18-25-26-12-6-20-36-33(26)29-11-5-13-30-31(29)32(25)35(28)37(30)34(24)27;1-2-6-21(7-3-1)22-12-14-23(15-13-22)24-8-4-10-28-29-17-16-27-25-18-19-36-20-30(25)26-9-5-11-31-32(26)33(27)35(29)37(31)34(24)28;1-2-7-21(8-3-1)22-13-15-23(16-14-22)24-11-6-12-28-29-18-17-27-25-9-4-5-10-26(25)30-19-36-20-31-32(30)33(27)35(29)37(31)34(24)28;1-2-7-21(8-3-1)22-13-15-23(16-14-22)24-11-6-12-28-29-18-17-26-25-9-4-5-10-27(25)33-32-30(19-20-36-33)37(34(24)28)35(29)31(26)32/h4*1-20H. The molecule has 148 heavy (non-hydrogen) atoms. The number of rotatable bonds is 8. The van der Waals surface area contributed by atoms with E-state index < -0.39 is 0 Å². The molecule has 0 aliphatic heterocycles. The first kappa shape index (κ1) is 80.8. The summed E-state index contributed by atoms with van der Waals surface area (Å²) in [5.74, 6) is 0. The number of aromatic nitrogens is 8. The minimum absolute atomic E-state index is 1.08. The van der Waals surface area contributed by atoms with Gasteiger partial charge in [-0.3, -0.25) is 19.9 Å². The van der Waals surface area contributed by atoms with Crippen LogP contribution in [0.5, 0.6) is 0 Å². The molecular weight excluding hydrogens is 1790 g/mol. The summed E-state index contributed by atoms with van der Waals surface area (Å²) in [6, 6.07) is 163. The number of hydrogen-bond acceptors (Lipinski definition) is 4. The van der Waals surface area contributed by atoms with Gasteiger partial charge in [-0.25, -0.2) is 0 Å². The fourth-order valence-electron chi connectivity index (χ4n) is 26.4. The minimum Gasteiger partial charge on any atom is -0.307 e. The number of nitrogens with zero attached hydrogens (tertiary/aromatic N) is 8. The van der Waals surface area contributed by atoms with E-state index in [-0.39, 0.29) is 0 Å². The van der Waals surface area contributed by atoms with Crippen LogP contribution in [-0.4, -0.2) is 37.5 Å². The van der Waals surface area contributed by atoms with Crippen molar-refractivity contribution in [1.29, 1.82) is 0 Å². The molecule has 36 aromatic rings. The van der Waals surface area contributed by atoms with E-state index in [4.69, 9.17) is 15.0 Å². The second-order valence-corrected chi connectivity index (χ2v) is 39.9. The Balaban J connectivity index is 0.0000000859. The van der Waals surface area contributed by atoms with Crippen LogP contribution in [0.15, 0.2) is 486 Å². The van der Waals surface area contributed by atoms with Crippen LogP contribution in [0.3, 0.4) is 0 Å². The molecule has 12 heterocycles. The molecular formula is C140H80N8. The zero-order valence-corrected chi connectivity index (χ0v) is 79.8. The van der Waals surface area contributed by atoms with Crippen molar-refractivity contribution in [2.24, 2.45) is 0 Å². The first-order chi connectivity index (χ1) is 73.5. The molecule has 0 aliphatic carbocycles. The number of fused-ring (bicyclic) bond motifs is 28. The summed E-state index contributed by atoms with van der Waals surface area (Å²) in [6.45, 7) is 0. The van der Waals surface area contributed by atoms with Gasteiger partial charge < -0.3 is 17.6 Å². The van der Waals surface area contributed by atoms with Crippen LogP contribution < -0.4 is 0 Å². The fraction of sp³-hybridized carbons (Fsp3) is 0. The van der Waals surface area contributed by atoms with E-state index in [1.807, 2.05) is 43.2 Å².